The van der Waals surface area contributed by atoms with Gasteiger partial charge in [-0.25, -0.2) is 0 Å². The average molecular weight is 437 g/mol. The van der Waals surface area contributed by atoms with E-state index in [4.69, 9.17) is 21.1 Å². The minimum absolute atomic E-state index is 0.131. The minimum Gasteiger partial charge on any atom is -0.497 e. The Morgan fingerprint density at radius 3 is 2.26 bits per heavy atom. The molecule has 1 fully saturated rings. The molecule has 2 amide bonds. The molecule has 0 aromatic heterocycles. The second-order valence-electron chi connectivity index (χ2n) is 7.02. The Morgan fingerprint density at radius 2 is 1.61 bits per heavy atom. The van der Waals surface area contributed by atoms with Crippen LogP contribution in [-0.4, -0.2) is 32.6 Å². The van der Waals surface area contributed by atoms with Gasteiger partial charge in [-0.15, -0.1) is 0 Å². The third-order valence-corrected chi connectivity index (χ3v) is 5.47. The molecule has 6 nitrogen and oxygen atoms in total. The molecule has 0 aliphatic carbocycles. The molecule has 1 heterocycles. The van der Waals surface area contributed by atoms with Crippen LogP contribution < -0.4 is 19.3 Å². The molecule has 0 bridgehead atoms. The summed E-state index contributed by atoms with van der Waals surface area (Å²) in [5, 5.41) is 0.554. The van der Waals surface area contributed by atoms with E-state index in [0.717, 1.165) is 0 Å². The predicted octanol–water partition coefficient (Wildman–Crippen LogP) is 4.48. The van der Waals surface area contributed by atoms with Crippen LogP contribution in [0.4, 0.5) is 11.4 Å². The second kappa shape index (κ2) is 8.70. The molecule has 3 aromatic carbocycles. The number of amides is 2. The summed E-state index contributed by atoms with van der Waals surface area (Å²) in [6.45, 7) is -0.131. The number of hydrogen-bond acceptors (Lipinski definition) is 4. The molecule has 1 atom stereocenters. The van der Waals surface area contributed by atoms with Gasteiger partial charge in [0.1, 0.15) is 24.1 Å². The van der Waals surface area contributed by atoms with E-state index in [1.54, 1.807) is 49.6 Å². The molecule has 4 rings (SSSR count). The molecule has 0 radical (unpaired) electrons. The largest absolute Gasteiger partial charge is 0.497 e. The summed E-state index contributed by atoms with van der Waals surface area (Å²) in [6.07, 6.45) is 0. The summed E-state index contributed by atoms with van der Waals surface area (Å²) in [5.74, 6) is 0.578. The number of halogens is 1. The average Bonchev–Trinajstić information content (AvgIpc) is 2.81. The quantitative estimate of drug-likeness (QED) is 0.591. The number of rotatable bonds is 5. The molecular weight excluding hydrogens is 416 g/mol. The van der Waals surface area contributed by atoms with Crippen LogP contribution in [0.25, 0.3) is 0 Å². The first-order valence-corrected chi connectivity index (χ1v) is 10.1. The van der Waals surface area contributed by atoms with Crippen molar-refractivity contribution in [3.63, 3.8) is 0 Å². The van der Waals surface area contributed by atoms with E-state index in [9.17, 15) is 9.59 Å². The zero-order chi connectivity index (χ0) is 22.0. The number of methoxy groups -OCH3 is 2. The van der Waals surface area contributed by atoms with Gasteiger partial charge in [-0.1, -0.05) is 41.9 Å². The molecule has 7 heteroatoms. The van der Waals surface area contributed by atoms with Crippen molar-refractivity contribution >= 4 is 34.8 Å². The number of carbonyl (C=O) groups is 2. The molecule has 1 aliphatic rings. The zero-order valence-corrected chi connectivity index (χ0v) is 17.9. The zero-order valence-electron chi connectivity index (χ0n) is 17.1. The second-order valence-corrected chi connectivity index (χ2v) is 7.45. The van der Waals surface area contributed by atoms with Gasteiger partial charge >= 0.3 is 0 Å². The standard InChI is InChI=1S/C24H21ClN2O4/c1-30-19-12-13-21(31-2)20(14-19)26-15-22(28)27(18-10-8-17(25)9-11-18)23(24(26)29)16-6-4-3-5-7-16/h3-14,23H,15H2,1-2H3/t23-/m1/s1. The fraction of sp³-hybridized carbons (Fsp3) is 0.167. The van der Waals surface area contributed by atoms with Crippen molar-refractivity contribution in [3.8, 4) is 11.5 Å². The van der Waals surface area contributed by atoms with Crippen LogP contribution in [0, 0.1) is 0 Å². The first-order valence-electron chi connectivity index (χ1n) is 9.69. The lowest BCUT2D eigenvalue weighted by Gasteiger charge is -2.40. The van der Waals surface area contributed by atoms with E-state index < -0.39 is 6.04 Å². The van der Waals surface area contributed by atoms with Crippen molar-refractivity contribution in [3.05, 3.63) is 83.4 Å². The molecule has 0 N–H and O–H groups in total. The van der Waals surface area contributed by atoms with Gasteiger partial charge in [-0.3, -0.25) is 19.4 Å². The number of nitrogens with zero attached hydrogens (tertiary/aromatic N) is 2. The molecular formula is C24H21ClN2O4. The van der Waals surface area contributed by atoms with Gasteiger partial charge in [0, 0.05) is 16.8 Å². The lowest BCUT2D eigenvalue weighted by Crippen LogP contribution is -2.56. The smallest absolute Gasteiger partial charge is 0.255 e. The van der Waals surface area contributed by atoms with Crippen molar-refractivity contribution in [2.75, 3.05) is 30.6 Å². The van der Waals surface area contributed by atoms with Gasteiger partial charge in [-0.05, 0) is 42.0 Å². The normalized spacial score (nSPS) is 16.4. The maximum atomic E-state index is 13.8. The van der Waals surface area contributed by atoms with Crippen LogP contribution >= 0.6 is 11.6 Å². The van der Waals surface area contributed by atoms with Crippen molar-refractivity contribution in [2.45, 2.75) is 6.04 Å². The SMILES string of the molecule is COc1ccc(OC)c(N2CC(=O)N(c3ccc(Cl)cc3)[C@H](c3ccccc3)C2=O)c1. The Kier molecular flexibility index (Phi) is 5.82. The Hall–Kier alpha value is -3.51. The first kappa shape index (κ1) is 20.8. The summed E-state index contributed by atoms with van der Waals surface area (Å²) < 4.78 is 10.8. The number of carbonyl (C=O) groups excluding carboxylic acids is 2. The molecule has 1 saturated heterocycles. The maximum Gasteiger partial charge on any atom is 0.255 e. The summed E-state index contributed by atoms with van der Waals surface area (Å²) >= 11 is 6.03. The van der Waals surface area contributed by atoms with E-state index in [0.29, 0.717) is 33.5 Å². The molecule has 158 valence electrons. The summed E-state index contributed by atoms with van der Waals surface area (Å²) in [7, 11) is 3.07. The minimum atomic E-state index is -0.834. The Balaban J connectivity index is 1.83. The topological polar surface area (TPSA) is 59.1 Å². The Bertz CT molecular complexity index is 1100. The predicted molar refractivity (Wildman–Crippen MR) is 120 cm³/mol. The number of piperazine rings is 1. The highest BCUT2D eigenvalue weighted by Gasteiger charge is 2.42. The maximum absolute atomic E-state index is 13.8. The molecule has 0 unspecified atom stereocenters. The van der Waals surface area contributed by atoms with Gasteiger partial charge in [0.15, 0.2) is 0 Å². The fourth-order valence-corrected chi connectivity index (χ4v) is 3.85. The fourth-order valence-electron chi connectivity index (χ4n) is 3.72. The van der Waals surface area contributed by atoms with E-state index in [1.807, 2.05) is 30.3 Å². The summed E-state index contributed by atoms with van der Waals surface area (Å²) in [6, 6.07) is 20.4. The van der Waals surface area contributed by atoms with Crippen molar-refractivity contribution < 1.29 is 19.1 Å². The van der Waals surface area contributed by atoms with E-state index in [2.05, 4.69) is 0 Å². The lowest BCUT2D eigenvalue weighted by molar-refractivity contribution is -0.128. The third kappa shape index (κ3) is 3.94. The summed E-state index contributed by atoms with van der Waals surface area (Å²) in [5.41, 5.74) is 1.80. The van der Waals surface area contributed by atoms with E-state index >= 15 is 0 Å². The van der Waals surface area contributed by atoms with Crippen molar-refractivity contribution in [1.82, 2.24) is 0 Å². The van der Waals surface area contributed by atoms with E-state index in [-0.39, 0.29) is 18.4 Å². The molecule has 0 saturated carbocycles. The Morgan fingerprint density at radius 1 is 0.903 bits per heavy atom. The van der Waals surface area contributed by atoms with Gasteiger partial charge < -0.3 is 9.47 Å². The van der Waals surface area contributed by atoms with Crippen LogP contribution in [0.5, 0.6) is 11.5 Å². The number of hydrogen-bond donors (Lipinski definition) is 0. The Labute approximate surface area is 185 Å². The number of benzene rings is 3. The molecule has 1 aliphatic heterocycles. The molecule has 31 heavy (non-hydrogen) atoms. The summed E-state index contributed by atoms with van der Waals surface area (Å²) in [4.78, 5) is 30.2. The monoisotopic (exact) mass is 436 g/mol. The first-order chi connectivity index (χ1) is 15.0. The van der Waals surface area contributed by atoms with Crippen LogP contribution in [-0.2, 0) is 9.59 Å². The van der Waals surface area contributed by atoms with Crippen molar-refractivity contribution in [1.29, 1.82) is 0 Å². The van der Waals surface area contributed by atoms with Gasteiger partial charge in [0.05, 0.1) is 19.9 Å². The highest BCUT2D eigenvalue weighted by molar-refractivity contribution is 6.30. The van der Waals surface area contributed by atoms with Crippen LogP contribution in [0.2, 0.25) is 5.02 Å². The third-order valence-electron chi connectivity index (χ3n) is 5.22. The van der Waals surface area contributed by atoms with Crippen LogP contribution in [0.15, 0.2) is 72.8 Å². The molecule has 3 aromatic rings. The number of ether oxygens (including phenoxy) is 2. The lowest BCUT2D eigenvalue weighted by atomic mass is 9.99. The molecule has 0 spiro atoms. The van der Waals surface area contributed by atoms with Crippen molar-refractivity contribution in [2.24, 2.45) is 0 Å². The van der Waals surface area contributed by atoms with Crippen LogP contribution in [0.3, 0.4) is 0 Å². The highest BCUT2D eigenvalue weighted by atomic mass is 35.5. The highest BCUT2D eigenvalue weighted by Crippen LogP contribution is 2.39. The van der Waals surface area contributed by atoms with E-state index in [1.165, 1.54) is 16.9 Å². The van der Waals surface area contributed by atoms with Gasteiger partial charge in [0.25, 0.3) is 5.91 Å². The van der Waals surface area contributed by atoms with Crippen LogP contribution in [0.1, 0.15) is 11.6 Å². The number of anilines is 2. The van der Waals surface area contributed by atoms with Gasteiger partial charge in [-0.2, -0.15) is 0 Å². The van der Waals surface area contributed by atoms with Gasteiger partial charge in [0.2, 0.25) is 5.91 Å².